The van der Waals surface area contributed by atoms with E-state index < -0.39 is 0 Å². The average molecular weight is 329 g/mol. The molecule has 2 nitrogen and oxygen atoms in total. The van der Waals surface area contributed by atoms with Gasteiger partial charge in [0.1, 0.15) is 5.76 Å². The number of esters is 1. The standard InChI is InChI=1S/C17H13BrO2/c18-15-8-6-13(7-9-15)16-10-14(11-17(19)20-16)12-4-2-1-3-5-12/h1-10,14H,11H2. The van der Waals surface area contributed by atoms with E-state index in [0.717, 1.165) is 15.6 Å². The van der Waals surface area contributed by atoms with Gasteiger partial charge < -0.3 is 4.74 Å². The Morgan fingerprint density at radius 1 is 1.00 bits per heavy atom. The first-order chi connectivity index (χ1) is 9.72. The molecule has 0 aliphatic carbocycles. The van der Waals surface area contributed by atoms with Crippen molar-refractivity contribution in [2.24, 2.45) is 0 Å². The van der Waals surface area contributed by atoms with Crippen molar-refractivity contribution in [1.29, 1.82) is 0 Å². The van der Waals surface area contributed by atoms with Crippen LogP contribution in [0.25, 0.3) is 5.76 Å². The number of rotatable bonds is 2. The lowest BCUT2D eigenvalue weighted by Crippen LogP contribution is -2.15. The maximum atomic E-state index is 11.8. The van der Waals surface area contributed by atoms with Gasteiger partial charge in [-0.3, -0.25) is 4.79 Å². The number of benzene rings is 2. The lowest BCUT2D eigenvalue weighted by atomic mass is 9.92. The SMILES string of the molecule is O=C1CC(c2ccccc2)C=C(c2ccc(Br)cc2)O1. The summed E-state index contributed by atoms with van der Waals surface area (Å²) in [4.78, 5) is 11.8. The van der Waals surface area contributed by atoms with Crippen LogP contribution in [0.5, 0.6) is 0 Å². The van der Waals surface area contributed by atoms with E-state index in [1.807, 2.05) is 60.7 Å². The molecule has 0 aromatic heterocycles. The third-order valence-electron chi connectivity index (χ3n) is 3.32. The quantitative estimate of drug-likeness (QED) is 0.757. The number of ether oxygens (including phenoxy) is 1. The Morgan fingerprint density at radius 2 is 1.70 bits per heavy atom. The van der Waals surface area contributed by atoms with Crippen molar-refractivity contribution < 1.29 is 9.53 Å². The van der Waals surface area contributed by atoms with E-state index >= 15 is 0 Å². The molecule has 1 atom stereocenters. The largest absolute Gasteiger partial charge is 0.426 e. The Kier molecular flexibility index (Phi) is 3.70. The third-order valence-corrected chi connectivity index (χ3v) is 3.85. The van der Waals surface area contributed by atoms with E-state index in [2.05, 4.69) is 15.9 Å². The molecule has 20 heavy (non-hydrogen) atoms. The molecular weight excluding hydrogens is 316 g/mol. The molecule has 0 saturated heterocycles. The molecule has 3 heteroatoms. The zero-order chi connectivity index (χ0) is 13.9. The molecule has 1 aliphatic heterocycles. The Hall–Kier alpha value is -1.87. The summed E-state index contributed by atoms with van der Waals surface area (Å²) >= 11 is 3.40. The summed E-state index contributed by atoms with van der Waals surface area (Å²) in [5, 5.41) is 0. The first-order valence-corrected chi connectivity index (χ1v) is 7.25. The summed E-state index contributed by atoms with van der Waals surface area (Å²) in [6, 6.07) is 17.8. The molecule has 0 saturated carbocycles. The maximum Gasteiger partial charge on any atom is 0.312 e. The smallest absolute Gasteiger partial charge is 0.312 e. The van der Waals surface area contributed by atoms with Gasteiger partial charge in [0.25, 0.3) is 0 Å². The predicted octanol–water partition coefficient (Wildman–Crippen LogP) is 4.52. The maximum absolute atomic E-state index is 11.8. The average Bonchev–Trinajstić information content (AvgIpc) is 2.48. The number of allylic oxidation sites excluding steroid dienone is 1. The molecule has 0 bridgehead atoms. The summed E-state index contributed by atoms with van der Waals surface area (Å²) in [5.41, 5.74) is 2.06. The predicted molar refractivity (Wildman–Crippen MR) is 82.0 cm³/mol. The third kappa shape index (κ3) is 2.83. The molecular formula is C17H13BrO2. The number of hydrogen-bond acceptors (Lipinski definition) is 2. The van der Waals surface area contributed by atoms with Crippen LogP contribution < -0.4 is 0 Å². The molecule has 1 unspecified atom stereocenters. The Balaban J connectivity index is 1.96. The fourth-order valence-corrected chi connectivity index (χ4v) is 2.57. The van der Waals surface area contributed by atoms with Gasteiger partial charge in [-0.15, -0.1) is 0 Å². The second-order valence-corrected chi connectivity index (χ2v) is 5.65. The van der Waals surface area contributed by atoms with Gasteiger partial charge in [-0.1, -0.05) is 58.4 Å². The van der Waals surface area contributed by atoms with Crippen molar-refractivity contribution in [3.05, 3.63) is 76.3 Å². The lowest BCUT2D eigenvalue weighted by molar-refractivity contribution is -0.137. The Bertz CT molecular complexity index is 644. The number of cyclic esters (lactones) is 1. The fourth-order valence-electron chi connectivity index (χ4n) is 2.30. The molecule has 0 spiro atoms. The monoisotopic (exact) mass is 328 g/mol. The summed E-state index contributed by atoms with van der Waals surface area (Å²) in [6.07, 6.45) is 2.42. The molecule has 2 aromatic carbocycles. The van der Waals surface area contributed by atoms with Gasteiger partial charge in [0.2, 0.25) is 0 Å². The zero-order valence-corrected chi connectivity index (χ0v) is 12.3. The van der Waals surface area contributed by atoms with Crippen molar-refractivity contribution in [2.75, 3.05) is 0 Å². The highest BCUT2D eigenvalue weighted by molar-refractivity contribution is 9.10. The molecule has 0 amide bonds. The van der Waals surface area contributed by atoms with Crippen molar-refractivity contribution in [2.45, 2.75) is 12.3 Å². The highest BCUT2D eigenvalue weighted by Crippen LogP contribution is 2.32. The minimum Gasteiger partial charge on any atom is -0.426 e. The van der Waals surface area contributed by atoms with E-state index in [9.17, 15) is 4.79 Å². The lowest BCUT2D eigenvalue weighted by Gasteiger charge is -2.21. The van der Waals surface area contributed by atoms with Gasteiger partial charge in [-0.25, -0.2) is 0 Å². The van der Waals surface area contributed by atoms with Crippen LogP contribution in [0.1, 0.15) is 23.5 Å². The van der Waals surface area contributed by atoms with Crippen LogP contribution >= 0.6 is 15.9 Å². The molecule has 1 heterocycles. The molecule has 1 aliphatic rings. The summed E-state index contributed by atoms with van der Waals surface area (Å²) < 4.78 is 6.37. The minimum absolute atomic E-state index is 0.0797. The highest BCUT2D eigenvalue weighted by atomic mass is 79.9. The molecule has 3 rings (SSSR count). The second kappa shape index (κ2) is 5.63. The second-order valence-electron chi connectivity index (χ2n) is 4.73. The Morgan fingerprint density at radius 3 is 2.40 bits per heavy atom. The summed E-state index contributed by atoms with van der Waals surface area (Å²) in [6.45, 7) is 0. The van der Waals surface area contributed by atoms with E-state index in [1.54, 1.807) is 0 Å². The number of hydrogen-bond donors (Lipinski definition) is 0. The van der Waals surface area contributed by atoms with Gasteiger partial charge in [-0.05, 0) is 23.8 Å². The van der Waals surface area contributed by atoms with Crippen molar-refractivity contribution in [3.63, 3.8) is 0 Å². The van der Waals surface area contributed by atoms with Gasteiger partial charge >= 0.3 is 5.97 Å². The summed E-state index contributed by atoms with van der Waals surface area (Å²) in [5.74, 6) is 0.540. The van der Waals surface area contributed by atoms with Crippen LogP contribution in [0.4, 0.5) is 0 Å². The van der Waals surface area contributed by atoms with Crippen LogP contribution in [0.3, 0.4) is 0 Å². The van der Waals surface area contributed by atoms with Crippen LogP contribution in [-0.2, 0) is 9.53 Å². The fraction of sp³-hybridized carbons (Fsp3) is 0.118. The van der Waals surface area contributed by atoms with Gasteiger partial charge in [0.05, 0.1) is 6.42 Å². The summed E-state index contributed by atoms with van der Waals surface area (Å²) in [7, 11) is 0. The number of carbonyl (C=O) groups excluding carboxylic acids is 1. The molecule has 2 aromatic rings. The molecule has 0 N–H and O–H groups in total. The van der Waals surface area contributed by atoms with Crippen LogP contribution in [-0.4, -0.2) is 5.97 Å². The van der Waals surface area contributed by atoms with Crippen molar-refractivity contribution in [1.82, 2.24) is 0 Å². The molecule has 0 radical (unpaired) electrons. The van der Waals surface area contributed by atoms with Crippen LogP contribution in [0.15, 0.2) is 65.1 Å². The Labute approximate surface area is 126 Å². The first kappa shape index (κ1) is 13.1. The van der Waals surface area contributed by atoms with Crippen LogP contribution in [0.2, 0.25) is 0 Å². The van der Waals surface area contributed by atoms with Crippen LogP contribution in [0, 0.1) is 0 Å². The van der Waals surface area contributed by atoms with Gasteiger partial charge in [-0.2, -0.15) is 0 Å². The van der Waals surface area contributed by atoms with Gasteiger partial charge in [0, 0.05) is 16.0 Å². The molecule has 100 valence electrons. The topological polar surface area (TPSA) is 26.3 Å². The van der Waals surface area contributed by atoms with Crippen molar-refractivity contribution >= 4 is 27.7 Å². The van der Waals surface area contributed by atoms with E-state index in [1.165, 1.54) is 0 Å². The van der Waals surface area contributed by atoms with E-state index in [0.29, 0.717) is 12.2 Å². The number of halogens is 1. The van der Waals surface area contributed by atoms with E-state index in [-0.39, 0.29) is 11.9 Å². The van der Waals surface area contributed by atoms with E-state index in [4.69, 9.17) is 4.74 Å². The van der Waals surface area contributed by atoms with Gasteiger partial charge in [0.15, 0.2) is 0 Å². The highest BCUT2D eigenvalue weighted by Gasteiger charge is 2.23. The minimum atomic E-state index is -0.181. The normalized spacial score (nSPS) is 18.4. The molecule has 0 fully saturated rings. The zero-order valence-electron chi connectivity index (χ0n) is 10.8. The first-order valence-electron chi connectivity index (χ1n) is 6.46. The number of carbonyl (C=O) groups is 1. The van der Waals surface area contributed by atoms with Crippen molar-refractivity contribution in [3.8, 4) is 0 Å².